The lowest BCUT2D eigenvalue weighted by Gasteiger charge is -2.10. The number of esters is 1. The fourth-order valence-electron chi connectivity index (χ4n) is 1.23. The molecule has 0 radical (unpaired) electrons. The van der Waals surface area contributed by atoms with Crippen LogP contribution in [0.25, 0.3) is 0 Å². The monoisotopic (exact) mass is 220 g/mol. The minimum Gasteiger partial charge on any atom is -0.493 e. The Balaban J connectivity index is 0.000000168. The summed E-state index contributed by atoms with van der Waals surface area (Å²) in [5, 5.41) is 2.65. The number of rotatable bonds is 4. The van der Waals surface area contributed by atoms with Gasteiger partial charge in [0.1, 0.15) is 5.75 Å². The Hall–Kier alpha value is -1.77. The van der Waals surface area contributed by atoms with E-state index in [2.05, 4.69) is 29.5 Å². The third-order valence-electron chi connectivity index (χ3n) is 2.05. The van der Waals surface area contributed by atoms with Gasteiger partial charge in [0.25, 0.3) is 0 Å². The number of ether oxygens (including phenoxy) is 2. The van der Waals surface area contributed by atoms with Crippen LogP contribution in [0.1, 0.15) is 13.8 Å². The molecular formula is C13H16O3. The first-order valence-corrected chi connectivity index (χ1v) is 5.29. The van der Waals surface area contributed by atoms with Gasteiger partial charge in [0.2, 0.25) is 0 Å². The lowest BCUT2D eigenvalue weighted by molar-refractivity contribution is -0.137. The van der Waals surface area contributed by atoms with Gasteiger partial charge in [-0.2, -0.15) is 0 Å². The smallest absolute Gasteiger partial charge is 0.330 e. The first kappa shape index (κ1) is 12.3. The van der Waals surface area contributed by atoms with Gasteiger partial charge in [-0.25, -0.2) is 4.79 Å². The van der Waals surface area contributed by atoms with Crippen LogP contribution in [-0.4, -0.2) is 19.2 Å². The molecule has 0 heterocycles. The molecule has 86 valence electrons. The van der Waals surface area contributed by atoms with Crippen molar-refractivity contribution in [1.82, 2.24) is 0 Å². The summed E-state index contributed by atoms with van der Waals surface area (Å²) < 4.78 is 9.70. The highest BCUT2D eigenvalue weighted by atomic mass is 16.5. The molecule has 0 spiro atoms. The van der Waals surface area contributed by atoms with Crippen LogP contribution in [-0.2, 0) is 9.53 Å². The van der Waals surface area contributed by atoms with E-state index in [1.807, 2.05) is 6.92 Å². The highest BCUT2D eigenvalue weighted by Crippen LogP contribution is 2.23. The van der Waals surface area contributed by atoms with E-state index in [-0.39, 0.29) is 5.97 Å². The molecule has 16 heavy (non-hydrogen) atoms. The van der Waals surface area contributed by atoms with Crippen molar-refractivity contribution in [3.8, 4) is 5.75 Å². The maximum Gasteiger partial charge on any atom is 0.330 e. The van der Waals surface area contributed by atoms with Crippen molar-refractivity contribution in [3.05, 3.63) is 41.3 Å². The summed E-state index contributed by atoms with van der Waals surface area (Å²) in [6.07, 6.45) is 1.14. The Morgan fingerprint density at radius 1 is 1.38 bits per heavy atom. The van der Waals surface area contributed by atoms with Crippen molar-refractivity contribution in [2.75, 3.05) is 13.2 Å². The van der Waals surface area contributed by atoms with Crippen LogP contribution < -0.4 is 4.74 Å². The molecule has 0 aliphatic heterocycles. The minimum absolute atomic E-state index is 0.359. The number of carbonyl (C=O) groups excluding carboxylic acids is 1. The van der Waals surface area contributed by atoms with E-state index in [1.165, 1.54) is 10.4 Å². The molecule has 0 aromatic carbocycles. The molecule has 3 heteroatoms. The molecule has 0 bridgehead atoms. The molecular weight excluding hydrogens is 204 g/mol. The molecule has 0 aromatic rings. The standard InChI is InChI=1S/C8H8O.C5H8O2/c1-2-9-8-5-6-3-4-7(6)8;1-3-5(6)7-4-2/h3-5H,2H2,1H3;3H,1,4H2,2H3. The zero-order chi connectivity index (χ0) is 12.0. The Labute approximate surface area is 95.0 Å². The first-order chi connectivity index (χ1) is 7.72. The molecule has 0 saturated heterocycles. The van der Waals surface area contributed by atoms with Crippen LogP contribution in [0.15, 0.2) is 30.9 Å². The van der Waals surface area contributed by atoms with Crippen molar-refractivity contribution < 1.29 is 14.3 Å². The van der Waals surface area contributed by atoms with Gasteiger partial charge in [0.05, 0.1) is 13.2 Å². The lowest BCUT2D eigenvalue weighted by Crippen LogP contribution is -1.97. The fraction of sp³-hybridized carbons (Fsp3) is 0.308. The highest BCUT2D eigenvalue weighted by molar-refractivity contribution is 5.81. The predicted octanol–water partition coefficient (Wildman–Crippen LogP) is 2.42. The first-order valence-electron chi connectivity index (χ1n) is 5.29. The number of hydrogen-bond acceptors (Lipinski definition) is 3. The van der Waals surface area contributed by atoms with Gasteiger partial charge in [-0.3, -0.25) is 0 Å². The van der Waals surface area contributed by atoms with Crippen LogP contribution in [0, 0.1) is 10.4 Å². The minimum atomic E-state index is -0.359. The predicted molar refractivity (Wildman–Crippen MR) is 62.1 cm³/mol. The quantitative estimate of drug-likeness (QED) is 0.586. The summed E-state index contributed by atoms with van der Waals surface area (Å²) in [6, 6.07) is 6.25. The molecule has 0 N–H and O–H groups in total. The maximum absolute atomic E-state index is 10.1. The van der Waals surface area contributed by atoms with Crippen molar-refractivity contribution in [2.24, 2.45) is 0 Å². The molecule has 2 rings (SSSR count). The van der Waals surface area contributed by atoms with Crippen molar-refractivity contribution in [3.63, 3.8) is 0 Å². The SMILES string of the molecule is C=CC(=O)OCC.CCOc1cc2ccc1=2. The lowest BCUT2D eigenvalue weighted by atomic mass is 10.1. The Morgan fingerprint density at radius 2 is 2.12 bits per heavy atom. The fourth-order valence-corrected chi connectivity index (χ4v) is 1.23. The molecule has 0 fully saturated rings. The summed E-state index contributed by atoms with van der Waals surface area (Å²) >= 11 is 0. The van der Waals surface area contributed by atoms with E-state index in [9.17, 15) is 4.79 Å². The highest BCUT2D eigenvalue weighted by Gasteiger charge is 2.04. The summed E-state index contributed by atoms with van der Waals surface area (Å²) in [5.41, 5.74) is 0. The van der Waals surface area contributed by atoms with Crippen LogP contribution in [0.5, 0.6) is 5.75 Å². The molecule has 2 aliphatic carbocycles. The Kier molecular flexibility index (Phi) is 4.58. The topological polar surface area (TPSA) is 35.5 Å². The van der Waals surface area contributed by atoms with Gasteiger partial charge in [-0.05, 0) is 25.1 Å². The largest absolute Gasteiger partial charge is 0.493 e. The van der Waals surface area contributed by atoms with E-state index in [0.29, 0.717) is 6.61 Å². The second-order valence-corrected chi connectivity index (χ2v) is 3.10. The Bertz CT molecular complexity index is 463. The van der Waals surface area contributed by atoms with Gasteiger partial charge in [-0.1, -0.05) is 18.7 Å². The summed E-state index contributed by atoms with van der Waals surface area (Å²) in [5.74, 6) is 0.706. The average Bonchev–Trinajstić information content (AvgIpc) is 2.26. The van der Waals surface area contributed by atoms with E-state index in [4.69, 9.17) is 4.74 Å². The summed E-state index contributed by atoms with van der Waals surface area (Å²) in [4.78, 5) is 10.1. The third-order valence-corrected chi connectivity index (χ3v) is 2.05. The zero-order valence-electron chi connectivity index (χ0n) is 9.66. The Morgan fingerprint density at radius 3 is 2.38 bits per heavy atom. The van der Waals surface area contributed by atoms with Crippen LogP contribution >= 0.6 is 0 Å². The van der Waals surface area contributed by atoms with Gasteiger partial charge >= 0.3 is 5.97 Å². The number of hydrogen-bond donors (Lipinski definition) is 0. The zero-order valence-corrected chi connectivity index (χ0v) is 9.66. The van der Waals surface area contributed by atoms with E-state index in [0.717, 1.165) is 18.4 Å². The van der Waals surface area contributed by atoms with Crippen molar-refractivity contribution >= 4 is 5.97 Å². The third kappa shape index (κ3) is 2.86. The van der Waals surface area contributed by atoms with E-state index < -0.39 is 0 Å². The van der Waals surface area contributed by atoms with Gasteiger partial charge in [0, 0.05) is 11.3 Å². The van der Waals surface area contributed by atoms with E-state index in [1.54, 1.807) is 6.92 Å². The summed E-state index contributed by atoms with van der Waals surface area (Å²) in [6.45, 7) is 8.15. The van der Waals surface area contributed by atoms with Gasteiger partial charge < -0.3 is 9.47 Å². The second-order valence-electron chi connectivity index (χ2n) is 3.10. The maximum atomic E-state index is 10.1. The van der Waals surface area contributed by atoms with Gasteiger partial charge in [0.15, 0.2) is 0 Å². The van der Waals surface area contributed by atoms with Gasteiger partial charge in [-0.15, -0.1) is 0 Å². The molecule has 0 unspecified atom stereocenters. The van der Waals surface area contributed by atoms with Crippen LogP contribution in [0.3, 0.4) is 0 Å². The molecule has 0 atom stereocenters. The van der Waals surface area contributed by atoms with Crippen molar-refractivity contribution in [1.29, 1.82) is 0 Å². The van der Waals surface area contributed by atoms with Crippen LogP contribution in [0.4, 0.5) is 0 Å². The number of benzene rings is 1. The number of carbonyl (C=O) groups is 1. The van der Waals surface area contributed by atoms with Crippen LogP contribution in [0.2, 0.25) is 0 Å². The van der Waals surface area contributed by atoms with E-state index >= 15 is 0 Å². The summed E-state index contributed by atoms with van der Waals surface area (Å²) in [7, 11) is 0. The normalized spacial score (nSPS) is 9.62. The molecule has 3 nitrogen and oxygen atoms in total. The average molecular weight is 220 g/mol. The molecule has 2 aliphatic rings. The molecule has 0 aromatic heterocycles. The second kappa shape index (κ2) is 5.95. The molecule has 0 amide bonds. The molecule has 0 saturated carbocycles. The van der Waals surface area contributed by atoms with Crippen molar-refractivity contribution in [2.45, 2.75) is 13.8 Å².